The first-order chi connectivity index (χ1) is 8.33. The van der Waals surface area contributed by atoms with E-state index in [0.717, 1.165) is 30.7 Å². The minimum Gasteiger partial charge on any atom is -0.383 e. The second-order valence-electron chi connectivity index (χ2n) is 5.17. The molecule has 4 heteroatoms. The van der Waals surface area contributed by atoms with E-state index in [1.165, 1.54) is 38.5 Å². The van der Waals surface area contributed by atoms with E-state index >= 15 is 0 Å². The van der Waals surface area contributed by atoms with Gasteiger partial charge in [0.15, 0.2) is 5.11 Å². The molecule has 0 aromatic rings. The van der Waals surface area contributed by atoms with Crippen LogP contribution in [-0.4, -0.2) is 42.9 Å². The van der Waals surface area contributed by atoms with Gasteiger partial charge in [-0.3, -0.25) is 0 Å². The maximum Gasteiger partial charge on any atom is 0.169 e. The number of piperidine rings is 1. The predicted octanol–water partition coefficient (Wildman–Crippen LogP) is 2.16. The first-order valence-corrected chi connectivity index (χ1v) is 7.27. The van der Waals surface area contributed by atoms with Crippen LogP contribution in [0.2, 0.25) is 0 Å². The monoisotopic (exact) mass is 256 g/mol. The summed E-state index contributed by atoms with van der Waals surface area (Å²) >= 11 is 5.51. The third kappa shape index (κ3) is 3.32. The highest BCUT2D eigenvalue weighted by Crippen LogP contribution is 2.35. The fourth-order valence-corrected chi connectivity index (χ4v) is 3.57. The molecule has 0 aromatic carbocycles. The summed E-state index contributed by atoms with van der Waals surface area (Å²) in [6, 6.07) is 0.708. The Morgan fingerprint density at radius 3 is 2.88 bits per heavy atom. The Hall–Kier alpha value is -0.350. The predicted molar refractivity (Wildman–Crippen MR) is 74.2 cm³/mol. The number of nitrogens with zero attached hydrogens (tertiary/aromatic N) is 1. The molecule has 1 heterocycles. The van der Waals surface area contributed by atoms with Crippen LogP contribution in [0, 0.1) is 5.92 Å². The summed E-state index contributed by atoms with van der Waals surface area (Å²) in [7, 11) is 1.72. The van der Waals surface area contributed by atoms with E-state index in [2.05, 4.69) is 10.2 Å². The van der Waals surface area contributed by atoms with Gasteiger partial charge < -0.3 is 15.0 Å². The number of likely N-dealkylation sites (tertiary alicyclic amines) is 1. The third-order valence-corrected chi connectivity index (χ3v) is 4.47. The molecule has 1 saturated carbocycles. The number of hydrogen-bond acceptors (Lipinski definition) is 2. The molecule has 2 rings (SSSR count). The lowest BCUT2D eigenvalue weighted by atomic mass is 9.78. The van der Waals surface area contributed by atoms with E-state index in [1.54, 1.807) is 7.11 Å². The maximum absolute atomic E-state index is 5.51. The second-order valence-corrected chi connectivity index (χ2v) is 5.56. The van der Waals surface area contributed by atoms with E-state index in [-0.39, 0.29) is 0 Å². The summed E-state index contributed by atoms with van der Waals surface area (Å²) < 4.78 is 5.05. The van der Waals surface area contributed by atoms with Crippen LogP contribution in [0.1, 0.15) is 38.5 Å². The zero-order valence-corrected chi connectivity index (χ0v) is 11.6. The van der Waals surface area contributed by atoms with Crippen molar-refractivity contribution in [2.24, 2.45) is 5.92 Å². The fraction of sp³-hybridized carbons (Fsp3) is 0.923. The molecule has 1 N–H and O–H groups in total. The lowest BCUT2D eigenvalue weighted by Crippen LogP contribution is -2.53. The number of rotatable bonds is 3. The van der Waals surface area contributed by atoms with E-state index in [1.807, 2.05) is 0 Å². The summed E-state index contributed by atoms with van der Waals surface area (Å²) in [5.41, 5.74) is 0. The first kappa shape index (κ1) is 13.1. The van der Waals surface area contributed by atoms with Gasteiger partial charge in [0.25, 0.3) is 0 Å². The Morgan fingerprint density at radius 2 is 2.06 bits per heavy atom. The zero-order valence-electron chi connectivity index (χ0n) is 10.8. The lowest BCUT2D eigenvalue weighted by molar-refractivity contribution is 0.117. The van der Waals surface area contributed by atoms with E-state index in [4.69, 9.17) is 17.0 Å². The average Bonchev–Trinajstić information content (AvgIpc) is 2.38. The molecule has 3 nitrogen and oxygen atoms in total. The SMILES string of the molecule is COCCNC(=S)N1CCCC2CCCCC21. The van der Waals surface area contributed by atoms with E-state index < -0.39 is 0 Å². The number of fused-ring (bicyclic) bond motifs is 1. The van der Waals surface area contributed by atoms with Crippen molar-refractivity contribution in [3.05, 3.63) is 0 Å². The Morgan fingerprint density at radius 1 is 1.29 bits per heavy atom. The summed E-state index contributed by atoms with van der Waals surface area (Å²) in [6.45, 7) is 2.69. The van der Waals surface area contributed by atoms with Crippen molar-refractivity contribution in [2.75, 3.05) is 26.8 Å². The molecule has 0 radical (unpaired) electrons. The van der Waals surface area contributed by atoms with Crippen LogP contribution in [0.15, 0.2) is 0 Å². The smallest absolute Gasteiger partial charge is 0.169 e. The van der Waals surface area contributed by atoms with E-state index in [0.29, 0.717) is 6.04 Å². The van der Waals surface area contributed by atoms with Gasteiger partial charge in [-0.25, -0.2) is 0 Å². The molecule has 2 fully saturated rings. The zero-order chi connectivity index (χ0) is 12.1. The van der Waals surface area contributed by atoms with Crippen LogP contribution in [-0.2, 0) is 4.74 Å². The van der Waals surface area contributed by atoms with Crippen molar-refractivity contribution in [3.63, 3.8) is 0 Å². The van der Waals surface area contributed by atoms with Crippen molar-refractivity contribution >= 4 is 17.3 Å². The number of nitrogens with one attached hydrogen (secondary N) is 1. The topological polar surface area (TPSA) is 24.5 Å². The summed E-state index contributed by atoms with van der Waals surface area (Å²) in [5, 5.41) is 4.26. The van der Waals surface area contributed by atoms with Crippen LogP contribution in [0.4, 0.5) is 0 Å². The van der Waals surface area contributed by atoms with Crippen LogP contribution >= 0.6 is 12.2 Å². The molecule has 2 unspecified atom stereocenters. The summed E-state index contributed by atoms with van der Waals surface area (Å²) in [5.74, 6) is 0.889. The second kappa shape index (κ2) is 6.55. The van der Waals surface area contributed by atoms with Gasteiger partial charge in [0, 0.05) is 26.2 Å². The minimum absolute atomic E-state index is 0.708. The molecule has 17 heavy (non-hydrogen) atoms. The van der Waals surface area contributed by atoms with Gasteiger partial charge in [-0.15, -0.1) is 0 Å². The first-order valence-electron chi connectivity index (χ1n) is 6.86. The van der Waals surface area contributed by atoms with Gasteiger partial charge in [-0.1, -0.05) is 12.8 Å². The van der Waals surface area contributed by atoms with Crippen LogP contribution in [0.3, 0.4) is 0 Å². The fourth-order valence-electron chi connectivity index (χ4n) is 3.24. The Balaban J connectivity index is 1.87. The molecule has 1 aliphatic carbocycles. The number of thiocarbonyl (C=S) groups is 1. The maximum atomic E-state index is 5.51. The minimum atomic E-state index is 0.708. The van der Waals surface area contributed by atoms with Gasteiger partial charge >= 0.3 is 0 Å². The standard InChI is InChI=1S/C13H24N2OS/c1-16-10-8-14-13(17)15-9-4-6-11-5-2-3-7-12(11)15/h11-12H,2-10H2,1H3,(H,14,17). The molecular weight excluding hydrogens is 232 g/mol. The van der Waals surface area contributed by atoms with Crippen molar-refractivity contribution in [1.29, 1.82) is 0 Å². The van der Waals surface area contributed by atoms with Gasteiger partial charge in [-0.2, -0.15) is 0 Å². The molecule has 0 bridgehead atoms. The highest BCUT2D eigenvalue weighted by Gasteiger charge is 2.34. The van der Waals surface area contributed by atoms with E-state index in [9.17, 15) is 0 Å². The highest BCUT2D eigenvalue weighted by atomic mass is 32.1. The largest absolute Gasteiger partial charge is 0.383 e. The molecule has 98 valence electrons. The molecule has 0 aromatic heterocycles. The Labute approximate surface area is 110 Å². The average molecular weight is 256 g/mol. The van der Waals surface area contributed by atoms with Crippen molar-refractivity contribution in [3.8, 4) is 0 Å². The molecular formula is C13H24N2OS. The molecule has 1 aliphatic heterocycles. The van der Waals surface area contributed by atoms with Crippen LogP contribution < -0.4 is 5.32 Å². The third-order valence-electron chi connectivity index (χ3n) is 4.09. The highest BCUT2D eigenvalue weighted by molar-refractivity contribution is 7.80. The normalized spacial score (nSPS) is 28.6. The van der Waals surface area contributed by atoms with Crippen molar-refractivity contribution in [2.45, 2.75) is 44.6 Å². The Kier molecular flexibility index (Phi) is 5.04. The van der Waals surface area contributed by atoms with Crippen molar-refractivity contribution in [1.82, 2.24) is 10.2 Å². The summed E-state index contributed by atoms with van der Waals surface area (Å²) in [4.78, 5) is 2.44. The van der Waals surface area contributed by atoms with Gasteiger partial charge in [0.05, 0.1) is 6.61 Å². The molecule has 1 saturated heterocycles. The molecule has 0 spiro atoms. The van der Waals surface area contributed by atoms with Gasteiger partial charge in [0.2, 0.25) is 0 Å². The van der Waals surface area contributed by atoms with Gasteiger partial charge in [-0.05, 0) is 43.8 Å². The van der Waals surface area contributed by atoms with Crippen LogP contribution in [0.25, 0.3) is 0 Å². The molecule has 0 amide bonds. The number of hydrogen-bond donors (Lipinski definition) is 1. The summed E-state index contributed by atoms with van der Waals surface area (Å²) in [6.07, 6.45) is 8.23. The molecule has 2 aliphatic rings. The quantitative estimate of drug-likeness (QED) is 0.618. The van der Waals surface area contributed by atoms with Crippen molar-refractivity contribution < 1.29 is 4.74 Å². The van der Waals surface area contributed by atoms with Gasteiger partial charge in [0.1, 0.15) is 0 Å². The van der Waals surface area contributed by atoms with Crippen LogP contribution in [0.5, 0.6) is 0 Å². The Bertz CT molecular complexity index is 258. The lowest BCUT2D eigenvalue weighted by Gasteiger charge is -2.45. The molecule has 2 atom stereocenters. The number of methoxy groups -OCH3 is 1. The number of ether oxygens (including phenoxy) is 1.